The van der Waals surface area contributed by atoms with Gasteiger partial charge in [0.25, 0.3) is 0 Å². The lowest BCUT2D eigenvalue weighted by Gasteiger charge is -2.07. The summed E-state index contributed by atoms with van der Waals surface area (Å²) in [6.45, 7) is 0.214. The van der Waals surface area contributed by atoms with E-state index in [1.165, 1.54) is 0 Å². The monoisotopic (exact) mass is 145 g/mol. The van der Waals surface area contributed by atoms with Crippen LogP contribution in [0.15, 0.2) is 0 Å². The normalized spacial score (nSPS) is 16.3. The summed E-state index contributed by atoms with van der Waals surface area (Å²) in [6, 6.07) is -0.582. The molecule has 0 saturated carbocycles. The molecule has 59 valence electrons. The molecular weight excluding hydrogens is 132 g/mol. The highest BCUT2D eigenvalue weighted by Gasteiger charge is 2.05. The van der Waals surface area contributed by atoms with E-state index in [2.05, 4.69) is 0 Å². The van der Waals surface area contributed by atoms with Gasteiger partial charge in [0.1, 0.15) is 0 Å². The molecular formula is C6H13N2O2. The highest BCUT2D eigenvalue weighted by molar-refractivity contribution is 5.57. The maximum Gasteiger partial charge on any atom is 0.216 e. The average molecular weight is 145 g/mol. The lowest BCUT2D eigenvalue weighted by molar-refractivity contribution is 0.169. The summed E-state index contributed by atoms with van der Waals surface area (Å²) in [6.07, 6.45) is 1.99. The average Bonchev–Trinajstić information content (AvgIpc) is 1.99. The number of rotatable bonds is 5. The molecule has 0 spiro atoms. The summed E-state index contributed by atoms with van der Waals surface area (Å²) in [5.74, 6) is 0. The summed E-state index contributed by atoms with van der Waals surface area (Å²) >= 11 is 0. The van der Waals surface area contributed by atoms with Gasteiger partial charge in [-0.3, -0.25) is 4.79 Å². The second-order valence-corrected chi connectivity index (χ2v) is 2.19. The Bertz CT molecular complexity index is 97.7. The third-order valence-electron chi connectivity index (χ3n) is 1.23. The maximum atomic E-state index is 9.84. The van der Waals surface area contributed by atoms with E-state index in [9.17, 15) is 4.79 Å². The zero-order valence-corrected chi connectivity index (χ0v) is 5.79. The number of nitrogens with two attached hydrogens (primary N) is 2. The van der Waals surface area contributed by atoms with E-state index in [0.29, 0.717) is 12.8 Å². The number of carbonyl (C=O) groups excluding carboxylic acids is 1. The van der Waals surface area contributed by atoms with E-state index in [1.54, 1.807) is 6.29 Å². The molecule has 0 aliphatic carbocycles. The van der Waals surface area contributed by atoms with E-state index in [0.717, 1.165) is 0 Å². The Hall–Kier alpha value is -0.450. The molecule has 0 heterocycles. The minimum Gasteiger partial charge on any atom is -0.392 e. The van der Waals surface area contributed by atoms with Crippen LogP contribution in [-0.4, -0.2) is 30.1 Å². The summed E-state index contributed by atoms with van der Waals surface area (Å²) in [7, 11) is 0. The van der Waals surface area contributed by atoms with Gasteiger partial charge in [0.05, 0.1) is 12.1 Å². The van der Waals surface area contributed by atoms with Crippen LogP contribution >= 0.6 is 0 Å². The van der Waals surface area contributed by atoms with E-state index < -0.39 is 12.1 Å². The van der Waals surface area contributed by atoms with Crippen LogP contribution in [0, 0.1) is 0 Å². The van der Waals surface area contributed by atoms with Crippen molar-refractivity contribution in [1.29, 1.82) is 0 Å². The number of hydrogen-bond acceptors (Lipinski definition) is 4. The Morgan fingerprint density at radius 1 is 1.50 bits per heavy atom. The largest absolute Gasteiger partial charge is 0.392 e. The van der Waals surface area contributed by atoms with Gasteiger partial charge < -0.3 is 16.6 Å². The fraction of sp³-hybridized carbons (Fsp3) is 0.833. The Kier molecular flexibility index (Phi) is 5.10. The number of hydrogen-bond donors (Lipinski definition) is 3. The van der Waals surface area contributed by atoms with Crippen molar-refractivity contribution < 1.29 is 9.90 Å². The first kappa shape index (κ1) is 9.55. The molecule has 2 unspecified atom stereocenters. The van der Waals surface area contributed by atoms with Crippen molar-refractivity contribution in [3.63, 3.8) is 0 Å². The zero-order valence-electron chi connectivity index (χ0n) is 5.79. The smallest absolute Gasteiger partial charge is 0.216 e. The first-order chi connectivity index (χ1) is 4.70. The first-order valence-corrected chi connectivity index (χ1v) is 3.22. The molecule has 0 rings (SSSR count). The molecule has 0 aromatic carbocycles. The van der Waals surface area contributed by atoms with Crippen LogP contribution in [0.4, 0.5) is 0 Å². The van der Waals surface area contributed by atoms with Crippen molar-refractivity contribution in [1.82, 2.24) is 0 Å². The molecule has 1 radical (unpaired) electrons. The van der Waals surface area contributed by atoms with Crippen LogP contribution in [0.1, 0.15) is 12.8 Å². The van der Waals surface area contributed by atoms with Crippen LogP contribution in [-0.2, 0) is 4.79 Å². The van der Waals surface area contributed by atoms with Gasteiger partial charge in [0.15, 0.2) is 0 Å². The van der Waals surface area contributed by atoms with Gasteiger partial charge >= 0.3 is 0 Å². The van der Waals surface area contributed by atoms with Crippen molar-refractivity contribution in [2.24, 2.45) is 11.5 Å². The molecule has 5 N–H and O–H groups in total. The van der Waals surface area contributed by atoms with E-state index in [1.807, 2.05) is 0 Å². The first-order valence-electron chi connectivity index (χ1n) is 3.22. The standard InChI is InChI=1S/C6H13N2O2/c7-3-6(10)2-1-5(8)4-9/h5-6,10H,1-3,7-8H2. The molecule has 0 saturated heterocycles. The molecule has 0 aromatic rings. The van der Waals surface area contributed by atoms with Crippen molar-refractivity contribution in [3.8, 4) is 0 Å². The van der Waals surface area contributed by atoms with E-state index >= 15 is 0 Å². The minimum atomic E-state index is -0.582. The van der Waals surface area contributed by atoms with Gasteiger partial charge in [-0.25, -0.2) is 0 Å². The van der Waals surface area contributed by atoms with Crippen LogP contribution in [0.5, 0.6) is 0 Å². The highest BCUT2D eigenvalue weighted by atomic mass is 16.3. The van der Waals surface area contributed by atoms with Crippen LogP contribution in [0.25, 0.3) is 0 Å². The third kappa shape index (κ3) is 4.43. The summed E-state index contributed by atoms with van der Waals surface area (Å²) < 4.78 is 0. The van der Waals surface area contributed by atoms with Crippen molar-refractivity contribution in [2.75, 3.05) is 6.54 Å². The zero-order chi connectivity index (χ0) is 7.98. The molecule has 0 fully saturated rings. The van der Waals surface area contributed by atoms with Gasteiger partial charge in [-0.15, -0.1) is 0 Å². The predicted molar refractivity (Wildman–Crippen MR) is 38.0 cm³/mol. The summed E-state index contributed by atoms with van der Waals surface area (Å²) in [5.41, 5.74) is 10.3. The second kappa shape index (κ2) is 5.34. The van der Waals surface area contributed by atoms with Crippen LogP contribution in [0.3, 0.4) is 0 Å². The fourth-order valence-corrected chi connectivity index (χ4v) is 0.549. The topological polar surface area (TPSA) is 89.3 Å². The molecule has 0 aliphatic heterocycles. The Morgan fingerprint density at radius 3 is 2.50 bits per heavy atom. The van der Waals surface area contributed by atoms with Crippen molar-refractivity contribution in [3.05, 3.63) is 0 Å². The molecule has 0 bridgehead atoms. The minimum absolute atomic E-state index is 0.214. The fourth-order valence-electron chi connectivity index (χ4n) is 0.549. The van der Waals surface area contributed by atoms with Gasteiger partial charge in [-0.05, 0) is 12.8 Å². The molecule has 4 heteroatoms. The Morgan fingerprint density at radius 2 is 2.10 bits per heavy atom. The Balaban J connectivity index is 3.25. The lowest BCUT2D eigenvalue weighted by atomic mass is 10.1. The summed E-state index contributed by atoms with van der Waals surface area (Å²) in [5, 5.41) is 8.89. The predicted octanol–water partition coefficient (Wildman–Crippen LogP) is -1.48. The Labute approximate surface area is 60.2 Å². The van der Waals surface area contributed by atoms with E-state index in [4.69, 9.17) is 16.6 Å². The van der Waals surface area contributed by atoms with Crippen LogP contribution in [0.2, 0.25) is 0 Å². The van der Waals surface area contributed by atoms with E-state index in [-0.39, 0.29) is 6.54 Å². The quantitative estimate of drug-likeness (QED) is 0.440. The van der Waals surface area contributed by atoms with Gasteiger partial charge in [0.2, 0.25) is 6.29 Å². The molecule has 10 heavy (non-hydrogen) atoms. The summed E-state index contributed by atoms with van der Waals surface area (Å²) in [4.78, 5) is 9.84. The number of aliphatic hydroxyl groups is 1. The molecule has 0 aliphatic rings. The molecule has 4 nitrogen and oxygen atoms in total. The highest BCUT2D eigenvalue weighted by Crippen LogP contribution is 1.96. The van der Waals surface area contributed by atoms with Crippen molar-refractivity contribution in [2.45, 2.75) is 25.0 Å². The van der Waals surface area contributed by atoms with Gasteiger partial charge in [0, 0.05) is 6.54 Å². The second-order valence-electron chi connectivity index (χ2n) is 2.19. The van der Waals surface area contributed by atoms with Gasteiger partial charge in [-0.1, -0.05) is 0 Å². The third-order valence-corrected chi connectivity index (χ3v) is 1.23. The molecule has 0 aromatic heterocycles. The lowest BCUT2D eigenvalue weighted by Crippen LogP contribution is -2.26. The van der Waals surface area contributed by atoms with Crippen molar-refractivity contribution >= 4 is 6.29 Å². The molecule has 2 atom stereocenters. The van der Waals surface area contributed by atoms with Gasteiger partial charge in [-0.2, -0.15) is 0 Å². The van der Waals surface area contributed by atoms with Crippen LogP contribution < -0.4 is 11.5 Å². The maximum absolute atomic E-state index is 9.84. The SMILES string of the molecule is NCC(O)CCC(N)[C]=O. The number of aliphatic hydroxyl groups excluding tert-OH is 1. The molecule has 0 amide bonds.